The Bertz CT molecular complexity index is 1540. The first-order chi connectivity index (χ1) is 17.3. The Labute approximate surface area is 207 Å². The van der Waals surface area contributed by atoms with Gasteiger partial charge in [-0.15, -0.1) is 0 Å². The number of aliphatic hydroxyl groups is 1. The smallest absolute Gasteiger partial charge is 0.166 e. The van der Waals surface area contributed by atoms with Gasteiger partial charge in [0.1, 0.15) is 0 Å². The lowest BCUT2D eigenvalue weighted by Crippen LogP contribution is -2.60. The van der Waals surface area contributed by atoms with Crippen molar-refractivity contribution in [2.45, 2.75) is 81.2 Å². The zero-order valence-electron chi connectivity index (χ0n) is 20.2. The summed E-state index contributed by atoms with van der Waals surface area (Å²) in [5.41, 5.74) is 3.70. The number of piperidine rings is 1. The summed E-state index contributed by atoms with van der Waals surface area (Å²) in [4.78, 5) is 2.48. The summed E-state index contributed by atoms with van der Waals surface area (Å²) in [6.45, 7) is 3.84. The number of hydrogen-bond acceptors (Lipinski definition) is 5. The van der Waals surface area contributed by atoms with Gasteiger partial charge in [-0.25, -0.2) is 4.39 Å². The SMILES string of the molecule is Cc1ccc(O)c2c1[C@]13CC4[C@@H](N4CC4CC4)[C@]1(O)Cc1c(n4c5c(c(O)c(F)cc15)CCC4)[C@@H]3O2. The van der Waals surface area contributed by atoms with Gasteiger partial charge in [-0.05, 0) is 68.2 Å². The van der Waals surface area contributed by atoms with E-state index in [0.29, 0.717) is 30.2 Å². The molecule has 186 valence electrons. The van der Waals surface area contributed by atoms with Crippen LogP contribution in [0.4, 0.5) is 4.39 Å². The fourth-order valence-corrected chi connectivity index (χ4v) is 8.95. The van der Waals surface area contributed by atoms with E-state index in [-0.39, 0.29) is 17.5 Å². The number of fused-ring (bicyclic) bond motifs is 7. The minimum Gasteiger partial charge on any atom is -0.505 e. The maximum atomic E-state index is 15.0. The second-order valence-corrected chi connectivity index (χ2v) is 12.2. The molecule has 3 aliphatic carbocycles. The van der Waals surface area contributed by atoms with Crippen LogP contribution in [0.1, 0.15) is 59.7 Å². The van der Waals surface area contributed by atoms with Crippen molar-refractivity contribution in [3.63, 3.8) is 0 Å². The fraction of sp³-hybridized carbons (Fsp3) is 0.517. The van der Waals surface area contributed by atoms with Crippen LogP contribution in [0.15, 0.2) is 18.2 Å². The van der Waals surface area contributed by atoms with Gasteiger partial charge in [-0.3, -0.25) is 4.90 Å². The average Bonchev–Trinajstić information content (AvgIpc) is 3.71. The minimum atomic E-state index is -1.09. The van der Waals surface area contributed by atoms with Crippen LogP contribution in [0, 0.1) is 18.7 Å². The Morgan fingerprint density at radius 3 is 2.83 bits per heavy atom. The van der Waals surface area contributed by atoms with E-state index in [4.69, 9.17) is 4.74 Å². The van der Waals surface area contributed by atoms with Crippen LogP contribution in [0.3, 0.4) is 0 Å². The molecule has 3 aromatic rings. The molecule has 9 rings (SSSR count). The number of phenolic OH excluding ortho intramolecular Hbond substituents is 2. The van der Waals surface area contributed by atoms with Gasteiger partial charge in [0.15, 0.2) is 29.2 Å². The molecule has 0 radical (unpaired) electrons. The Kier molecular flexibility index (Phi) is 3.40. The van der Waals surface area contributed by atoms with E-state index in [1.807, 2.05) is 13.0 Å². The first-order valence-electron chi connectivity index (χ1n) is 13.4. The molecule has 3 N–H and O–H groups in total. The third kappa shape index (κ3) is 2.04. The predicted molar refractivity (Wildman–Crippen MR) is 130 cm³/mol. The standard InChI is InChI=1S/C29H29FN2O4/c1-13-4-7-20(33)25-21(13)28-11-19-26(32(19)12-14-5-6-14)29(28,35)10-17-16-9-18(30)24(34)15-3-2-8-31(22(15)16)23(17)27(28)36-25/h4,7,9,14,19,26-27,33-35H,2-3,5-6,8,10-12H2,1H3/t19?,26-,27+,28+,29-,32?/m1/s1. The van der Waals surface area contributed by atoms with Gasteiger partial charge in [0, 0.05) is 42.1 Å². The molecule has 2 unspecified atom stereocenters. The van der Waals surface area contributed by atoms with Crippen molar-refractivity contribution in [1.29, 1.82) is 0 Å². The molecule has 2 aromatic carbocycles. The number of aryl methyl sites for hydroxylation is 3. The molecule has 3 fully saturated rings. The maximum Gasteiger partial charge on any atom is 0.166 e. The van der Waals surface area contributed by atoms with E-state index in [1.165, 1.54) is 18.9 Å². The highest BCUT2D eigenvalue weighted by atomic mass is 19.1. The number of aromatic nitrogens is 1. The zero-order valence-corrected chi connectivity index (χ0v) is 20.2. The summed E-state index contributed by atoms with van der Waals surface area (Å²) in [6.07, 6.45) is 4.72. The molecule has 1 spiro atoms. The van der Waals surface area contributed by atoms with E-state index in [2.05, 4.69) is 9.47 Å². The third-order valence-corrected chi connectivity index (χ3v) is 10.5. The Balaban J connectivity index is 1.34. The maximum absolute atomic E-state index is 15.0. The number of phenols is 2. The van der Waals surface area contributed by atoms with Crippen LogP contribution in [-0.2, 0) is 24.8 Å². The summed E-state index contributed by atoms with van der Waals surface area (Å²) < 4.78 is 23.9. The van der Waals surface area contributed by atoms with Crippen molar-refractivity contribution in [2.24, 2.45) is 5.92 Å². The van der Waals surface area contributed by atoms with Crippen molar-refractivity contribution in [1.82, 2.24) is 9.47 Å². The third-order valence-electron chi connectivity index (χ3n) is 10.5. The van der Waals surface area contributed by atoms with Crippen molar-refractivity contribution in [3.8, 4) is 17.2 Å². The molecule has 7 heteroatoms. The van der Waals surface area contributed by atoms with Crippen LogP contribution in [-0.4, -0.2) is 49.0 Å². The summed E-state index contributed by atoms with van der Waals surface area (Å²) in [5, 5.41) is 35.2. The van der Waals surface area contributed by atoms with Gasteiger partial charge in [-0.1, -0.05) is 6.07 Å². The summed E-state index contributed by atoms with van der Waals surface area (Å²) in [7, 11) is 0. The topological polar surface area (TPSA) is 77.9 Å². The Morgan fingerprint density at radius 2 is 2.03 bits per heavy atom. The molecule has 6 aliphatic rings. The quantitative estimate of drug-likeness (QED) is 0.476. The highest BCUT2D eigenvalue weighted by Gasteiger charge is 2.81. The second kappa shape index (κ2) is 6.03. The van der Waals surface area contributed by atoms with Gasteiger partial charge in [0.2, 0.25) is 0 Å². The van der Waals surface area contributed by atoms with E-state index in [9.17, 15) is 19.7 Å². The lowest BCUT2D eigenvalue weighted by molar-refractivity contribution is -0.0872. The van der Waals surface area contributed by atoms with Crippen molar-refractivity contribution < 1.29 is 24.4 Å². The molecule has 1 saturated heterocycles. The molecule has 6 nitrogen and oxygen atoms in total. The van der Waals surface area contributed by atoms with Gasteiger partial charge in [-0.2, -0.15) is 0 Å². The van der Waals surface area contributed by atoms with E-state index >= 15 is 0 Å². The Morgan fingerprint density at radius 1 is 1.19 bits per heavy atom. The zero-order chi connectivity index (χ0) is 24.3. The van der Waals surface area contributed by atoms with Gasteiger partial charge in [0.25, 0.3) is 0 Å². The molecular formula is C29H29FN2O4. The monoisotopic (exact) mass is 488 g/mol. The fourth-order valence-electron chi connectivity index (χ4n) is 8.95. The molecule has 0 bridgehead atoms. The summed E-state index contributed by atoms with van der Waals surface area (Å²) >= 11 is 0. The molecule has 1 aromatic heterocycles. The number of likely N-dealkylation sites (tertiary alicyclic amines) is 1. The average molecular weight is 489 g/mol. The molecule has 0 amide bonds. The van der Waals surface area contributed by atoms with Crippen LogP contribution in [0.5, 0.6) is 17.2 Å². The number of rotatable bonds is 2. The van der Waals surface area contributed by atoms with Gasteiger partial charge >= 0.3 is 0 Å². The number of hydrogen-bond donors (Lipinski definition) is 3. The first kappa shape index (κ1) is 20.3. The minimum absolute atomic E-state index is 0.0370. The van der Waals surface area contributed by atoms with Gasteiger partial charge in [0.05, 0.1) is 28.3 Å². The van der Waals surface area contributed by atoms with Crippen LogP contribution < -0.4 is 4.74 Å². The first-order valence-corrected chi connectivity index (χ1v) is 13.4. The molecule has 4 heterocycles. The van der Waals surface area contributed by atoms with Crippen LogP contribution in [0.25, 0.3) is 10.9 Å². The van der Waals surface area contributed by atoms with Crippen LogP contribution >= 0.6 is 0 Å². The highest BCUT2D eigenvalue weighted by molar-refractivity contribution is 5.92. The van der Waals surface area contributed by atoms with E-state index in [0.717, 1.165) is 65.1 Å². The second-order valence-electron chi connectivity index (χ2n) is 12.2. The number of ether oxygens (including phenoxy) is 1. The lowest BCUT2D eigenvalue weighted by Gasteiger charge is -2.49. The number of benzene rings is 2. The summed E-state index contributed by atoms with van der Waals surface area (Å²) in [5.74, 6) is 0.480. The normalized spacial score (nSPS) is 36.6. The molecule has 6 atom stereocenters. The highest BCUT2D eigenvalue weighted by Crippen LogP contribution is 2.73. The number of aromatic hydroxyl groups is 2. The predicted octanol–water partition coefficient (Wildman–Crippen LogP) is 3.97. The number of halogens is 1. The van der Waals surface area contributed by atoms with Crippen molar-refractivity contribution >= 4 is 10.9 Å². The van der Waals surface area contributed by atoms with E-state index < -0.39 is 22.9 Å². The Hall–Kier alpha value is -2.77. The van der Waals surface area contributed by atoms with Crippen LogP contribution in [0.2, 0.25) is 0 Å². The van der Waals surface area contributed by atoms with Gasteiger partial charge < -0.3 is 24.6 Å². The van der Waals surface area contributed by atoms with Crippen molar-refractivity contribution in [3.05, 3.63) is 52.0 Å². The number of nitrogens with zero attached hydrogens (tertiary/aromatic N) is 2. The largest absolute Gasteiger partial charge is 0.505 e. The lowest BCUT2D eigenvalue weighted by atomic mass is 9.58. The summed E-state index contributed by atoms with van der Waals surface area (Å²) in [6, 6.07) is 5.40. The molecule has 36 heavy (non-hydrogen) atoms. The molecule has 2 saturated carbocycles. The van der Waals surface area contributed by atoms with Crippen molar-refractivity contribution in [2.75, 3.05) is 6.54 Å². The van der Waals surface area contributed by atoms with E-state index in [1.54, 1.807) is 6.07 Å². The molecular weight excluding hydrogens is 459 g/mol. The molecule has 3 aliphatic heterocycles.